The molecule has 0 fully saturated rings. The zero-order chi connectivity index (χ0) is 10.4. The molecule has 0 heterocycles. The zero-order valence-corrected chi connectivity index (χ0v) is 7.86. The normalized spacial score (nSPS) is 15.5. The van der Waals surface area contributed by atoms with Crippen LogP contribution in [-0.4, -0.2) is 34.5 Å². The van der Waals surface area contributed by atoms with E-state index in [2.05, 4.69) is 0 Å². The van der Waals surface area contributed by atoms with E-state index in [0.29, 0.717) is 0 Å². The Hall–Kier alpha value is -0.740. The highest BCUT2D eigenvalue weighted by Gasteiger charge is 2.20. The van der Waals surface area contributed by atoms with Crippen LogP contribution >= 0.6 is 0 Å². The lowest BCUT2D eigenvalue weighted by atomic mass is 9.99. The summed E-state index contributed by atoms with van der Waals surface area (Å²) in [5.74, 6) is -0.292. The molecule has 0 saturated carbocycles. The zero-order valence-electron chi connectivity index (χ0n) is 7.86. The molecule has 0 aliphatic carbocycles. The van der Waals surface area contributed by atoms with E-state index in [0.717, 1.165) is 0 Å². The Morgan fingerprint density at radius 1 is 1.31 bits per heavy atom. The van der Waals surface area contributed by atoms with Crippen molar-refractivity contribution in [2.75, 3.05) is 0 Å². The second kappa shape index (κ2) is 5.83. The SMILES string of the molecule is CC(C)C(=O)CC(O)C(O)C[C]=O. The summed E-state index contributed by atoms with van der Waals surface area (Å²) in [4.78, 5) is 21.0. The van der Waals surface area contributed by atoms with Crippen molar-refractivity contribution < 1.29 is 19.8 Å². The van der Waals surface area contributed by atoms with Gasteiger partial charge in [-0.3, -0.25) is 9.59 Å². The standard InChI is InChI=1S/C9H15O4/c1-6(2)8(12)5-9(13)7(11)3-4-10/h6-7,9,11,13H,3,5H2,1-2H3. The molecule has 2 N–H and O–H groups in total. The molecule has 0 bridgehead atoms. The maximum atomic E-state index is 11.1. The highest BCUT2D eigenvalue weighted by molar-refractivity contribution is 5.80. The molecule has 1 radical (unpaired) electrons. The van der Waals surface area contributed by atoms with Gasteiger partial charge in [0.1, 0.15) is 5.78 Å². The third-order valence-corrected chi connectivity index (χ3v) is 1.79. The van der Waals surface area contributed by atoms with Gasteiger partial charge in [-0.1, -0.05) is 13.8 Å². The highest BCUT2D eigenvalue weighted by atomic mass is 16.3. The van der Waals surface area contributed by atoms with Gasteiger partial charge in [0, 0.05) is 18.8 Å². The van der Waals surface area contributed by atoms with Crippen molar-refractivity contribution in [2.45, 2.75) is 38.9 Å². The number of hydrogen-bond donors (Lipinski definition) is 2. The van der Waals surface area contributed by atoms with E-state index in [-0.39, 0.29) is 24.5 Å². The van der Waals surface area contributed by atoms with Crippen LogP contribution in [0.4, 0.5) is 0 Å². The van der Waals surface area contributed by atoms with Crippen molar-refractivity contribution in [3.05, 3.63) is 0 Å². The first-order chi connectivity index (χ1) is 5.99. The van der Waals surface area contributed by atoms with Crippen LogP contribution in [0.2, 0.25) is 0 Å². The highest BCUT2D eigenvalue weighted by Crippen LogP contribution is 2.07. The van der Waals surface area contributed by atoms with E-state index in [1.165, 1.54) is 6.29 Å². The topological polar surface area (TPSA) is 74.6 Å². The van der Waals surface area contributed by atoms with Crippen molar-refractivity contribution in [2.24, 2.45) is 5.92 Å². The van der Waals surface area contributed by atoms with Gasteiger partial charge in [-0.05, 0) is 0 Å². The van der Waals surface area contributed by atoms with E-state index in [9.17, 15) is 14.7 Å². The molecule has 0 amide bonds. The minimum absolute atomic E-state index is 0.111. The van der Waals surface area contributed by atoms with E-state index >= 15 is 0 Å². The molecule has 75 valence electrons. The molecule has 0 aromatic heterocycles. The lowest BCUT2D eigenvalue weighted by Crippen LogP contribution is -2.30. The average Bonchev–Trinajstić information content (AvgIpc) is 2.04. The number of carbonyl (C=O) groups is 1. The Balaban J connectivity index is 3.91. The molecule has 0 aromatic rings. The van der Waals surface area contributed by atoms with E-state index < -0.39 is 12.2 Å². The number of aliphatic hydroxyl groups excluding tert-OH is 2. The molecule has 0 spiro atoms. The Kier molecular flexibility index (Phi) is 5.50. The first-order valence-corrected chi connectivity index (χ1v) is 4.22. The molecule has 2 atom stereocenters. The molecule has 0 aromatic carbocycles. The summed E-state index contributed by atoms with van der Waals surface area (Å²) < 4.78 is 0. The molecule has 0 rings (SSSR count). The third-order valence-electron chi connectivity index (χ3n) is 1.79. The molecule has 0 aliphatic heterocycles. The maximum absolute atomic E-state index is 11.1. The molecule has 2 unspecified atom stereocenters. The van der Waals surface area contributed by atoms with Crippen LogP contribution in [-0.2, 0) is 9.59 Å². The fourth-order valence-electron chi connectivity index (χ4n) is 0.799. The Bertz CT molecular complexity index is 176. The Morgan fingerprint density at radius 3 is 2.23 bits per heavy atom. The van der Waals surface area contributed by atoms with Crippen molar-refractivity contribution in [3.8, 4) is 0 Å². The van der Waals surface area contributed by atoms with Gasteiger partial charge in [0.05, 0.1) is 12.2 Å². The van der Waals surface area contributed by atoms with E-state index in [4.69, 9.17) is 5.11 Å². The van der Waals surface area contributed by atoms with Crippen LogP contribution in [0, 0.1) is 5.92 Å². The van der Waals surface area contributed by atoms with Gasteiger partial charge in [-0.15, -0.1) is 0 Å². The van der Waals surface area contributed by atoms with Crippen molar-refractivity contribution in [1.82, 2.24) is 0 Å². The van der Waals surface area contributed by atoms with Crippen LogP contribution in [0.25, 0.3) is 0 Å². The molecular formula is C9H15O4. The number of ketones is 1. The number of Topliss-reactive ketones (excluding diaryl/α,β-unsaturated/α-hetero) is 1. The van der Waals surface area contributed by atoms with Gasteiger partial charge in [0.2, 0.25) is 6.29 Å². The first kappa shape index (κ1) is 12.3. The summed E-state index contributed by atoms with van der Waals surface area (Å²) in [5.41, 5.74) is 0. The fourth-order valence-corrected chi connectivity index (χ4v) is 0.799. The van der Waals surface area contributed by atoms with Gasteiger partial charge >= 0.3 is 0 Å². The summed E-state index contributed by atoms with van der Waals surface area (Å²) in [5, 5.41) is 18.3. The second-order valence-corrected chi connectivity index (χ2v) is 3.31. The average molecular weight is 187 g/mol. The number of hydrogen-bond acceptors (Lipinski definition) is 4. The first-order valence-electron chi connectivity index (χ1n) is 4.22. The van der Waals surface area contributed by atoms with Crippen LogP contribution < -0.4 is 0 Å². The quantitative estimate of drug-likeness (QED) is 0.605. The van der Waals surface area contributed by atoms with Gasteiger partial charge in [-0.25, -0.2) is 0 Å². The molecule has 4 heteroatoms. The lowest BCUT2D eigenvalue weighted by molar-refractivity contribution is -0.125. The Labute approximate surface area is 77.6 Å². The van der Waals surface area contributed by atoms with Crippen molar-refractivity contribution in [3.63, 3.8) is 0 Å². The molecular weight excluding hydrogens is 172 g/mol. The van der Waals surface area contributed by atoms with Crippen LogP contribution in [0.3, 0.4) is 0 Å². The lowest BCUT2D eigenvalue weighted by Gasteiger charge is -2.15. The van der Waals surface area contributed by atoms with Crippen LogP contribution in [0.15, 0.2) is 0 Å². The van der Waals surface area contributed by atoms with Gasteiger partial charge < -0.3 is 10.2 Å². The Morgan fingerprint density at radius 2 is 1.85 bits per heavy atom. The number of carbonyl (C=O) groups excluding carboxylic acids is 2. The number of aliphatic hydroxyl groups is 2. The van der Waals surface area contributed by atoms with Gasteiger partial charge in [0.15, 0.2) is 0 Å². The van der Waals surface area contributed by atoms with E-state index in [1.807, 2.05) is 0 Å². The number of rotatable bonds is 6. The summed E-state index contributed by atoms with van der Waals surface area (Å²) in [6, 6.07) is 0. The van der Waals surface area contributed by atoms with Gasteiger partial charge in [-0.2, -0.15) is 0 Å². The second-order valence-electron chi connectivity index (χ2n) is 3.31. The van der Waals surface area contributed by atoms with Gasteiger partial charge in [0.25, 0.3) is 0 Å². The predicted octanol–water partition coefficient (Wildman–Crippen LogP) is -0.177. The largest absolute Gasteiger partial charge is 0.390 e. The fraction of sp³-hybridized carbons (Fsp3) is 0.778. The summed E-state index contributed by atoms with van der Waals surface area (Å²) in [6.07, 6.45) is -1.22. The molecule has 0 aliphatic rings. The molecule has 13 heavy (non-hydrogen) atoms. The van der Waals surface area contributed by atoms with Crippen LogP contribution in [0.1, 0.15) is 26.7 Å². The third kappa shape index (κ3) is 4.75. The smallest absolute Gasteiger partial charge is 0.201 e. The minimum Gasteiger partial charge on any atom is -0.390 e. The molecule has 0 saturated heterocycles. The minimum atomic E-state index is -1.18. The van der Waals surface area contributed by atoms with E-state index in [1.54, 1.807) is 13.8 Å². The predicted molar refractivity (Wildman–Crippen MR) is 46.8 cm³/mol. The summed E-state index contributed by atoms with van der Waals surface area (Å²) >= 11 is 0. The van der Waals surface area contributed by atoms with Crippen LogP contribution in [0.5, 0.6) is 0 Å². The van der Waals surface area contributed by atoms with Crippen molar-refractivity contribution in [1.29, 1.82) is 0 Å². The maximum Gasteiger partial charge on any atom is 0.201 e. The molecule has 4 nitrogen and oxygen atoms in total. The summed E-state index contributed by atoms with van der Waals surface area (Å²) in [7, 11) is 0. The van der Waals surface area contributed by atoms with Crippen molar-refractivity contribution >= 4 is 12.1 Å². The summed E-state index contributed by atoms with van der Waals surface area (Å²) in [6.45, 7) is 3.43. The monoisotopic (exact) mass is 187 g/mol.